The van der Waals surface area contributed by atoms with Crippen LogP contribution >= 0.6 is 0 Å². The summed E-state index contributed by atoms with van der Waals surface area (Å²) in [6.45, 7) is -0.615. The molecule has 10 heteroatoms. The summed E-state index contributed by atoms with van der Waals surface area (Å²) in [5.74, 6) is 0.190. The lowest BCUT2D eigenvalue weighted by atomic mass is 9.94. The highest BCUT2D eigenvalue weighted by molar-refractivity contribution is 6.04. The number of ketones is 1. The SMILES string of the molecule is COc1cc(O[C@@H]2O[C@H](CO)[C@@H](O)[C@@H](O)[C@H]2O)c2c(c1OC)O[C@H](c1ccccc1)CC2=O. The molecule has 2 heterocycles. The fourth-order valence-electron chi connectivity index (χ4n) is 4.01. The van der Waals surface area contributed by atoms with Gasteiger partial charge in [-0.15, -0.1) is 0 Å². The highest BCUT2D eigenvalue weighted by Gasteiger charge is 2.46. The molecule has 0 bridgehead atoms. The van der Waals surface area contributed by atoms with Gasteiger partial charge in [-0.05, 0) is 5.56 Å². The number of aliphatic hydroxyl groups excluding tert-OH is 4. The smallest absolute Gasteiger partial charge is 0.229 e. The molecule has 6 atom stereocenters. The van der Waals surface area contributed by atoms with Crippen molar-refractivity contribution in [2.24, 2.45) is 0 Å². The zero-order valence-electron chi connectivity index (χ0n) is 18.1. The van der Waals surface area contributed by atoms with Gasteiger partial charge in [-0.2, -0.15) is 0 Å². The third-order valence-corrected chi connectivity index (χ3v) is 5.76. The first-order chi connectivity index (χ1) is 15.9. The molecule has 0 unspecified atom stereocenters. The Balaban J connectivity index is 1.74. The summed E-state index contributed by atoms with van der Waals surface area (Å²) in [5, 5.41) is 39.9. The first-order valence-corrected chi connectivity index (χ1v) is 10.4. The molecule has 10 nitrogen and oxygen atoms in total. The number of hydrogen-bond donors (Lipinski definition) is 4. The molecule has 4 rings (SSSR count). The van der Waals surface area contributed by atoms with Crippen LogP contribution in [0.4, 0.5) is 0 Å². The number of Topliss-reactive ketones (excluding diaryl/α,β-unsaturated/α-hetero) is 1. The number of benzene rings is 2. The minimum Gasteiger partial charge on any atom is -0.493 e. The third-order valence-electron chi connectivity index (χ3n) is 5.76. The molecule has 0 amide bonds. The van der Waals surface area contributed by atoms with Gasteiger partial charge in [-0.25, -0.2) is 0 Å². The van der Waals surface area contributed by atoms with Crippen molar-refractivity contribution in [3.8, 4) is 23.0 Å². The van der Waals surface area contributed by atoms with E-state index < -0.39 is 43.4 Å². The lowest BCUT2D eigenvalue weighted by Gasteiger charge is -2.40. The Morgan fingerprint density at radius 3 is 2.36 bits per heavy atom. The van der Waals surface area contributed by atoms with Crippen molar-refractivity contribution in [2.75, 3.05) is 20.8 Å². The van der Waals surface area contributed by atoms with Gasteiger partial charge in [-0.3, -0.25) is 4.79 Å². The van der Waals surface area contributed by atoms with Crippen molar-refractivity contribution < 1.29 is 48.9 Å². The van der Waals surface area contributed by atoms with Crippen molar-refractivity contribution in [1.82, 2.24) is 0 Å². The van der Waals surface area contributed by atoms with Crippen LogP contribution in [0.2, 0.25) is 0 Å². The number of methoxy groups -OCH3 is 2. The Bertz CT molecular complexity index is 992. The van der Waals surface area contributed by atoms with Crippen LogP contribution in [-0.2, 0) is 4.74 Å². The average Bonchev–Trinajstić information content (AvgIpc) is 2.84. The van der Waals surface area contributed by atoms with Gasteiger partial charge in [0.05, 0.1) is 27.2 Å². The van der Waals surface area contributed by atoms with E-state index in [1.165, 1.54) is 20.3 Å². The molecule has 2 aliphatic heterocycles. The molecule has 1 fully saturated rings. The summed E-state index contributed by atoms with van der Waals surface area (Å²) in [7, 11) is 2.82. The molecular formula is C23H26O10. The van der Waals surface area contributed by atoms with Crippen LogP contribution in [0, 0.1) is 0 Å². The number of rotatable bonds is 6. The van der Waals surface area contributed by atoms with Crippen molar-refractivity contribution in [2.45, 2.75) is 43.2 Å². The van der Waals surface area contributed by atoms with Crippen LogP contribution in [0.3, 0.4) is 0 Å². The summed E-state index contributed by atoms with van der Waals surface area (Å²) in [5.41, 5.74) is 0.870. The van der Waals surface area contributed by atoms with Crippen molar-refractivity contribution in [1.29, 1.82) is 0 Å². The van der Waals surface area contributed by atoms with Gasteiger partial charge in [0.2, 0.25) is 12.0 Å². The van der Waals surface area contributed by atoms with E-state index >= 15 is 0 Å². The zero-order valence-corrected chi connectivity index (χ0v) is 18.1. The molecule has 0 saturated carbocycles. The van der Waals surface area contributed by atoms with E-state index in [0.717, 1.165) is 5.56 Å². The lowest BCUT2D eigenvalue weighted by molar-refractivity contribution is -0.277. The molecule has 4 N–H and O–H groups in total. The van der Waals surface area contributed by atoms with E-state index in [1.807, 2.05) is 30.3 Å². The molecule has 0 radical (unpaired) electrons. The summed E-state index contributed by atoms with van der Waals surface area (Å²) < 4.78 is 28.2. The van der Waals surface area contributed by atoms with Crippen LogP contribution in [0.15, 0.2) is 36.4 Å². The first kappa shape index (κ1) is 23.3. The van der Waals surface area contributed by atoms with E-state index in [-0.39, 0.29) is 40.8 Å². The molecule has 0 aliphatic carbocycles. The predicted molar refractivity (Wildman–Crippen MR) is 113 cm³/mol. The molecule has 33 heavy (non-hydrogen) atoms. The van der Waals surface area contributed by atoms with E-state index in [0.29, 0.717) is 0 Å². The molecule has 178 valence electrons. The van der Waals surface area contributed by atoms with Crippen molar-refractivity contribution in [3.63, 3.8) is 0 Å². The summed E-state index contributed by atoms with van der Waals surface area (Å²) >= 11 is 0. The second-order valence-corrected chi connectivity index (χ2v) is 7.77. The minimum atomic E-state index is -1.65. The molecular weight excluding hydrogens is 436 g/mol. The maximum absolute atomic E-state index is 13.2. The van der Waals surface area contributed by atoms with Crippen LogP contribution in [0.25, 0.3) is 0 Å². The normalized spacial score (nSPS) is 29.1. The highest BCUT2D eigenvalue weighted by atomic mass is 16.7. The highest BCUT2D eigenvalue weighted by Crippen LogP contribution is 2.50. The van der Waals surface area contributed by atoms with Crippen molar-refractivity contribution in [3.05, 3.63) is 47.5 Å². The largest absolute Gasteiger partial charge is 0.493 e. The molecule has 0 aromatic heterocycles. The third kappa shape index (κ3) is 4.23. The molecule has 2 aliphatic rings. The van der Waals surface area contributed by atoms with Crippen LogP contribution < -0.4 is 18.9 Å². The molecule has 0 spiro atoms. The van der Waals surface area contributed by atoms with Gasteiger partial charge in [0.15, 0.2) is 17.3 Å². The fourth-order valence-corrected chi connectivity index (χ4v) is 4.01. The van der Waals surface area contributed by atoms with Gasteiger partial charge in [0, 0.05) is 6.07 Å². The fraction of sp³-hybridized carbons (Fsp3) is 0.435. The van der Waals surface area contributed by atoms with Crippen LogP contribution in [-0.4, -0.2) is 77.7 Å². The Morgan fingerprint density at radius 1 is 1.00 bits per heavy atom. The van der Waals surface area contributed by atoms with E-state index in [2.05, 4.69) is 0 Å². The first-order valence-electron chi connectivity index (χ1n) is 10.4. The monoisotopic (exact) mass is 462 g/mol. The average molecular weight is 462 g/mol. The Morgan fingerprint density at radius 2 is 1.73 bits per heavy atom. The summed E-state index contributed by atoms with van der Waals surface area (Å²) in [6, 6.07) is 10.6. The quantitative estimate of drug-likeness (QED) is 0.481. The van der Waals surface area contributed by atoms with Crippen molar-refractivity contribution >= 4 is 5.78 Å². The number of carbonyl (C=O) groups is 1. The van der Waals surface area contributed by atoms with Crippen LogP contribution in [0.5, 0.6) is 23.0 Å². The Kier molecular flexibility index (Phi) is 6.73. The van der Waals surface area contributed by atoms with Gasteiger partial charge >= 0.3 is 0 Å². The number of aliphatic hydroxyl groups is 4. The zero-order chi connectivity index (χ0) is 23.7. The van der Waals surface area contributed by atoms with E-state index in [9.17, 15) is 25.2 Å². The molecule has 2 aromatic rings. The predicted octanol–water partition coefficient (Wildman–Crippen LogP) is 0.589. The molecule has 2 aromatic carbocycles. The van der Waals surface area contributed by atoms with E-state index in [1.54, 1.807) is 0 Å². The van der Waals surface area contributed by atoms with Crippen LogP contribution in [0.1, 0.15) is 28.4 Å². The summed E-state index contributed by atoms with van der Waals surface area (Å²) in [6.07, 6.45) is -8.01. The van der Waals surface area contributed by atoms with E-state index in [4.69, 9.17) is 23.7 Å². The lowest BCUT2D eigenvalue weighted by Crippen LogP contribution is -2.60. The number of hydrogen-bond acceptors (Lipinski definition) is 10. The minimum absolute atomic E-state index is 0.0245. The summed E-state index contributed by atoms with van der Waals surface area (Å²) in [4.78, 5) is 13.2. The standard InChI is InChI=1S/C23H26O10/c1-29-15-9-14(32-23-20(28)19(27)18(26)16(10-24)33-23)17-12(25)8-13(11-6-4-3-5-7-11)31-22(17)21(15)30-2/h3-7,9,13,16,18-20,23-24,26-28H,8,10H2,1-2H3/t13-,16+,18+,19+,20+,23+/m0/s1. The number of carbonyl (C=O) groups excluding carboxylic acids is 1. The maximum Gasteiger partial charge on any atom is 0.229 e. The Hall–Kier alpha value is -2.89. The second-order valence-electron chi connectivity index (χ2n) is 7.77. The number of fused-ring (bicyclic) bond motifs is 1. The molecule has 1 saturated heterocycles. The topological polar surface area (TPSA) is 144 Å². The van der Waals surface area contributed by atoms with Gasteiger partial charge < -0.3 is 44.1 Å². The second kappa shape index (κ2) is 9.54. The maximum atomic E-state index is 13.2. The Labute approximate surface area is 189 Å². The van der Waals surface area contributed by atoms with Gasteiger partial charge in [0.25, 0.3) is 0 Å². The van der Waals surface area contributed by atoms with Gasteiger partial charge in [-0.1, -0.05) is 30.3 Å². The number of ether oxygens (including phenoxy) is 5. The van der Waals surface area contributed by atoms with Gasteiger partial charge in [0.1, 0.15) is 41.8 Å².